The largest absolute Gasteiger partial charge is 0.296 e. The van der Waals surface area contributed by atoms with Gasteiger partial charge in [-0.25, -0.2) is 47.6 Å². The van der Waals surface area contributed by atoms with Gasteiger partial charge in [-0.1, -0.05) is 32.0 Å². The number of nitrogens with one attached hydrogen (secondary N) is 3. The van der Waals surface area contributed by atoms with Crippen molar-refractivity contribution < 1.29 is 48.4 Å². The third-order valence-electron chi connectivity index (χ3n) is 17.6. The molecule has 1 unspecified atom stereocenters. The number of amides is 3. The number of fused-ring (bicyclic) bond motifs is 3. The molecule has 0 bridgehead atoms. The highest BCUT2D eigenvalue weighted by atomic mass is 32.2. The summed E-state index contributed by atoms with van der Waals surface area (Å²) in [5, 5.41) is 21.4. The van der Waals surface area contributed by atoms with E-state index in [-0.39, 0.29) is 64.1 Å². The number of anilines is 3. The van der Waals surface area contributed by atoms with Gasteiger partial charge in [0.2, 0.25) is 35.6 Å². The van der Waals surface area contributed by atoms with E-state index in [1.54, 1.807) is 53.6 Å². The average molecular weight is 1370 g/mol. The zero-order chi connectivity index (χ0) is 64.5. The van der Waals surface area contributed by atoms with E-state index < -0.39 is 53.2 Å². The molecule has 3 saturated heterocycles. The number of carbonyl (C=O) groups excluding carboxylic acids is 3. The van der Waals surface area contributed by atoms with Crippen LogP contribution < -0.4 is 16.0 Å². The number of halogens is 2. The van der Waals surface area contributed by atoms with Crippen molar-refractivity contribution in [3.8, 4) is 31.7 Å². The van der Waals surface area contributed by atoms with Crippen LogP contribution in [0.5, 0.6) is 0 Å². The fourth-order valence-corrected chi connectivity index (χ4v) is 18.3. The monoisotopic (exact) mass is 1370 g/mol. The highest BCUT2D eigenvalue weighted by molar-refractivity contribution is 7.92. The van der Waals surface area contributed by atoms with Crippen molar-refractivity contribution >= 4 is 116 Å². The standard InChI is InChI=1S/C20H21F2N5O3S2.2C20H23N5O3S2/c1-19(12-20(19,21)22)17(28)24-18-23-16-4-2-3-14(27(16)25-18)15-6-5-13(31-15)11-26-7-9-32(29,30)10-8-26;2*1-13-11-15(13)19(26)22-20-21-18-4-2-3-16(25(18)23-20)17-6-5-14(29-17)12-24-7-9-30(27,28)10-8-24/h2-6H,7-12H2,1H3,(H,24,25,28);2*2-6,13,15H,7-12H2,1H3,(H,22,23,26)/t;13-,15+;13-,15-/m.11/s1. The van der Waals surface area contributed by atoms with Crippen molar-refractivity contribution in [2.45, 2.75) is 65.6 Å². The molecular weight excluding hydrogens is 1310 g/mol. The fourth-order valence-electron chi connectivity index (χ4n) is 11.3. The third-order valence-corrected chi connectivity index (χ3v) is 25.7. The number of thiophene rings is 3. The van der Waals surface area contributed by atoms with E-state index in [9.17, 15) is 48.4 Å². The van der Waals surface area contributed by atoms with Crippen LogP contribution in [0.15, 0.2) is 91.0 Å². The maximum Gasteiger partial charge on any atom is 0.263 e. The molecule has 0 spiro atoms. The summed E-state index contributed by atoms with van der Waals surface area (Å²) in [6, 6.07) is 29.2. The first-order valence-corrected chi connectivity index (χ1v) is 38.2. The molecular formula is C60H67F2N15O9S6. The van der Waals surface area contributed by atoms with Crippen LogP contribution in [-0.4, -0.2) is 181 Å². The summed E-state index contributed by atoms with van der Waals surface area (Å²) >= 11 is 4.90. The first-order chi connectivity index (χ1) is 43.8. The number of aromatic nitrogens is 9. The number of pyridine rings is 3. The first-order valence-electron chi connectivity index (χ1n) is 30.3. The molecule has 92 heavy (non-hydrogen) atoms. The van der Waals surface area contributed by atoms with Crippen LogP contribution in [0.2, 0.25) is 0 Å². The summed E-state index contributed by atoms with van der Waals surface area (Å²) in [5.41, 5.74) is 2.72. The molecule has 6 aliphatic rings. The SMILES string of the molecule is CC1(C(=O)Nc2nc3cccc(-c4ccc(CN5CCS(=O)(=O)CC5)s4)n3n2)CC1(F)F.C[C@@H]1C[C@@H]1C(=O)Nc1nc2cccc(-c3ccc(CN4CCS(=O)(=O)CC4)s3)n2n1.C[C@@H]1C[C@H]1C(=O)Nc1nc2cccc(-c3ccc(CN4CCS(=O)(=O)CC4)s3)n2n1. The lowest BCUT2D eigenvalue weighted by atomic mass is 10.1. The van der Waals surface area contributed by atoms with Crippen molar-refractivity contribution in [1.29, 1.82) is 0 Å². The summed E-state index contributed by atoms with van der Waals surface area (Å²) in [6.45, 7) is 10.9. The van der Waals surface area contributed by atoms with Gasteiger partial charge in [0.15, 0.2) is 46.5 Å². The molecule has 24 nitrogen and oxygen atoms in total. The zero-order valence-corrected chi connectivity index (χ0v) is 55.3. The quantitative estimate of drug-likeness (QED) is 0.0911. The maximum absolute atomic E-state index is 13.5. The molecule has 486 valence electrons. The van der Waals surface area contributed by atoms with Crippen LogP contribution in [0, 0.1) is 29.1 Å². The number of sulfone groups is 3. The molecule has 3 N–H and O–H groups in total. The van der Waals surface area contributed by atoms with Gasteiger partial charge in [0.1, 0.15) is 5.41 Å². The van der Waals surface area contributed by atoms with Crippen molar-refractivity contribution in [2.75, 3.05) is 89.7 Å². The number of nitrogens with zero attached hydrogens (tertiary/aromatic N) is 12. The fraction of sp³-hybridized carbons (Fsp3) is 0.450. The molecule has 3 aliphatic heterocycles. The number of hydrogen-bond donors (Lipinski definition) is 3. The Kier molecular flexibility index (Phi) is 17.3. The van der Waals surface area contributed by atoms with Gasteiger partial charge in [-0.05, 0) is 104 Å². The topological polar surface area (TPSA) is 290 Å². The number of alkyl halides is 2. The molecule has 0 radical (unpaired) electrons. The van der Waals surface area contributed by atoms with Gasteiger partial charge in [0.05, 0.1) is 66.2 Å². The van der Waals surface area contributed by atoms with Gasteiger partial charge in [0.25, 0.3) is 5.92 Å². The van der Waals surface area contributed by atoms with Crippen LogP contribution in [0.3, 0.4) is 0 Å². The second kappa shape index (κ2) is 25.0. The van der Waals surface area contributed by atoms with E-state index in [1.165, 1.54) is 16.7 Å². The smallest absolute Gasteiger partial charge is 0.263 e. The number of rotatable bonds is 15. The Morgan fingerprint density at radius 1 is 0.489 bits per heavy atom. The van der Waals surface area contributed by atoms with Crippen LogP contribution in [0.25, 0.3) is 48.7 Å². The summed E-state index contributed by atoms with van der Waals surface area (Å²) < 4.78 is 102. The predicted molar refractivity (Wildman–Crippen MR) is 349 cm³/mol. The first kappa shape index (κ1) is 63.7. The molecule has 0 aromatic carbocycles. The second-order valence-electron chi connectivity index (χ2n) is 24.7. The molecule has 12 heterocycles. The van der Waals surface area contributed by atoms with Gasteiger partial charge >= 0.3 is 0 Å². The third kappa shape index (κ3) is 14.4. The molecule has 15 rings (SSSR count). The van der Waals surface area contributed by atoms with E-state index in [4.69, 9.17) is 0 Å². The summed E-state index contributed by atoms with van der Waals surface area (Å²) in [7, 11) is -8.65. The van der Waals surface area contributed by atoms with Crippen LogP contribution in [0.4, 0.5) is 26.6 Å². The number of hydrogen-bond acceptors (Lipinski definition) is 21. The molecule has 3 aliphatic carbocycles. The van der Waals surface area contributed by atoms with Gasteiger partial charge in [-0.2, -0.15) is 15.0 Å². The average Bonchev–Trinajstić information content (AvgIpc) is 1.56. The Balaban J connectivity index is 0.000000126. The van der Waals surface area contributed by atoms with E-state index in [0.717, 1.165) is 62.5 Å². The van der Waals surface area contributed by atoms with Gasteiger partial charge in [-0.3, -0.25) is 45.0 Å². The van der Waals surface area contributed by atoms with Gasteiger partial charge < -0.3 is 0 Å². The summed E-state index contributed by atoms with van der Waals surface area (Å²) in [5.74, 6) is -0.867. The Morgan fingerprint density at radius 2 is 0.783 bits per heavy atom. The normalized spacial score (nSPS) is 23.8. The van der Waals surface area contributed by atoms with Crippen molar-refractivity contribution in [1.82, 2.24) is 58.5 Å². The van der Waals surface area contributed by atoms with E-state index in [2.05, 4.69) is 99.0 Å². The lowest BCUT2D eigenvalue weighted by Crippen LogP contribution is -2.39. The Labute approximate surface area is 541 Å². The highest BCUT2D eigenvalue weighted by Crippen LogP contribution is 2.60. The maximum atomic E-state index is 13.5. The van der Waals surface area contributed by atoms with Gasteiger partial charge in [0, 0.05) is 91.8 Å². The van der Waals surface area contributed by atoms with Crippen LogP contribution >= 0.6 is 34.0 Å². The van der Waals surface area contributed by atoms with Crippen LogP contribution in [0.1, 0.15) is 54.7 Å². The molecule has 3 saturated carbocycles. The highest BCUT2D eigenvalue weighted by Gasteiger charge is 2.72. The minimum Gasteiger partial charge on any atom is -0.296 e. The molecule has 6 fully saturated rings. The minimum atomic E-state index is -3.01. The van der Waals surface area contributed by atoms with Crippen molar-refractivity contribution in [2.24, 2.45) is 29.1 Å². The lowest BCUT2D eigenvalue weighted by Gasteiger charge is -2.25. The number of carbonyl (C=O) groups is 3. The predicted octanol–water partition coefficient (Wildman–Crippen LogP) is 7.24. The van der Waals surface area contributed by atoms with E-state index in [0.29, 0.717) is 86.5 Å². The summed E-state index contributed by atoms with van der Waals surface area (Å²) in [4.78, 5) is 62.8. The Morgan fingerprint density at radius 3 is 1.07 bits per heavy atom. The molecule has 3 amide bonds. The second-order valence-corrected chi connectivity index (χ2v) is 35.1. The van der Waals surface area contributed by atoms with Gasteiger partial charge in [-0.15, -0.1) is 49.3 Å². The Bertz CT molecular complexity index is 4450. The van der Waals surface area contributed by atoms with Crippen molar-refractivity contribution in [3.05, 3.63) is 106 Å². The minimum absolute atomic E-state index is 0.0121. The zero-order valence-electron chi connectivity index (χ0n) is 50.4. The lowest BCUT2D eigenvalue weighted by molar-refractivity contribution is -0.124. The van der Waals surface area contributed by atoms with E-state index in [1.807, 2.05) is 60.7 Å². The summed E-state index contributed by atoms with van der Waals surface area (Å²) in [6.07, 6.45) is 1.36. The molecule has 9 aromatic rings. The van der Waals surface area contributed by atoms with Crippen molar-refractivity contribution in [3.63, 3.8) is 0 Å². The van der Waals surface area contributed by atoms with Crippen LogP contribution in [-0.2, 0) is 63.5 Å². The molecule has 5 atom stereocenters. The molecule has 32 heteroatoms. The Hall–Kier alpha value is -7.04. The molecule has 9 aromatic heterocycles. The van der Waals surface area contributed by atoms with E-state index >= 15 is 0 Å².